The van der Waals surface area contributed by atoms with E-state index in [9.17, 15) is 62.3 Å². The van der Waals surface area contributed by atoms with Crippen LogP contribution in [0.1, 0.15) is 56.8 Å². The maximum Gasteiger partial charge on any atom is 0.416 e. The Morgan fingerprint density at radius 3 is 1.14 bits per heavy atom. The monoisotopic (exact) mass is 830 g/mol. The fourth-order valence-electron chi connectivity index (χ4n) is 4.04. The smallest absolute Gasteiger partial charge is 0.416 e. The second-order valence-electron chi connectivity index (χ2n) is 10.4. The highest BCUT2D eigenvalue weighted by Crippen LogP contribution is 2.38. The van der Waals surface area contributed by atoms with E-state index < -0.39 is 82.1 Å². The number of ether oxygens (including phenoxy) is 2. The second kappa shape index (κ2) is 14.9. The van der Waals surface area contributed by atoms with E-state index in [0.717, 1.165) is 0 Å². The molecule has 0 fully saturated rings. The van der Waals surface area contributed by atoms with Gasteiger partial charge in [-0.2, -0.15) is 52.7 Å². The molecule has 2 amide bonds. The third-order valence-electron chi connectivity index (χ3n) is 6.38. The Labute approximate surface area is 283 Å². The fourth-order valence-corrected chi connectivity index (χ4v) is 4.65. The summed E-state index contributed by atoms with van der Waals surface area (Å²) in [4.78, 5) is 24.9. The number of amides is 2. The van der Waals surface area contributed by atoms with Crippen molar-refractivity contribution in [3.63, 3.8) is 0 Å². The van der Waals surface area contributed by atoms with Crippen molar-refractivity contribution in [2.75, 3.05) is 13.1 Å². The second-order valence-corrected chi connectivity index (χ2v) is 11.5. The number of nitrogens with one attached hydrogen (secondary N) is 2. The third kappa shape index (κ3) is 11.0. The van der Waals surface area contributed by atoms with Crippen LogP contribution in [0.25, 0.3) is 0 Å². The first-order valence-corrected chi connectivity index (χ1v) is 14.7. The molecule has 19 heteroatoms. The minimum atomic E-state index is -5.15. The van der Waals surface area contributed by atoms with Crippen LogP contribution in [-0.2, 0) is 24.7 Å². The molecule has 6 nitrogen and oxygen atoms in total. The van der Waals surface area contributed by atoms with E-state index >= 15 is 0 Å². The predicted molar refractivity (Wildman–Crippen MR) is 157 cm³/mol. The molecule has 0 aliphatic heterocycles. The van der Waals surface area contributed by atoms with E-state index in [1.54, 1.807) is 22.6 Å². The van der Waals surface area contributed by atoms with Crippen LogP contribution in [0, 0.1) is 3.57 Å². The SMILES string of the molecule is C[C@@H](CNC(=O)c1cc(C(F)(F)F)cc(C(F)(F)F)c1)Oc1cccc(O[C@@H](C)CNC(=O)c2cc(C(F)(F)F)cc(C(F)(F)F)c2)c1I. The molecule has 3 aromatic carbocycles. The summed E-state index contributed by atoms with van der Waals surface area (Å²) < 4.78 is 169. The number of rotatable bonds is 10. The molecule has 268 valence electrons. The largest absolute Gasteiger partial charge is 0.488 e. The van der Waals surface area contributed by atoms with Gasteiger partial charge in [-0.05, 0) is 85.0 Å². The lowest BCUT2D eigenvalue weighted by Gasteiger charge is -2.20. The van der Waals surface area contributed by atoms with Crippen molar-refractivity contribution >= 4 is 34.4 Å². The van der Waals surface area contributed by atoms with Crippen LogP contribution in [0.5, 0.6) is 11.5 Å². The normalized spacial score (nSPS) is 13.8. The number of halogens is 13. The lowest BCUT2D eigenvalue weighted by Crippen LogP contribution is -2.34. The molecule has 0 aliphatic rings. The van der Waals surface area contributed by atoms with Gasteiger partial charge in [0.05, 0.1) is 38.9 Å². The summed E-state index contributed by atoms with van der Waals surface area (Å²) in [5.74, 6) is -2.12. The first-order valence-electron chi connectivity index (χ1n) is 13.6. The fraction of sp³-hybridized carbons (Fsp3) is 0.333. The van der Waals surface area contributed by atoms with Crippen molar-refractivity contribution in [2.24, 2.45) is 0 Å². The Kier molecular flexibility index (Phi) is 12.0. The van der Waals surface area contributed by atoms with E-state index in [0.29, 0.717) is 3.57 Å². The maximum absolute atomic E-state index is 13.1. The molecule has 0 saturated carbocycles. The van der Waals surface area contributed by atoms with Gasteiger partial charge in [-0.3, -0.25) is 9.59 Å². The summed E-state index contributed by atoms with van der Waals surface area (Å²) in [5.41, 5.74) is -8.42. The van der Waals surface area contributed by atoms with Gasteiger partial charge < -0.3 is 20.1 Å². The van der Waals surface area contributed by atoms with Gasteiger partial charge in [-0.15, -0.1) is 0 Å². The average molecular weight is 830 g/mol. The number of carbonyl (C=O) groups is 2. The van der Waals surface area contributed by atoms with Gasteiger partial charge in [0.1, 0.15) is 23.7 Å². The molecule has 0 aromatic heterocycles. The molecule has 3 aromatic rings. The molecule has 0 radical (unpaired) electrons. The standard InChI is InChI=1S/C30H23F12IN2O4/c1-14(12-44-25(46)16-6-18(27(31,32)33)10-19(7-16)28(34,35)36)48-22-4-3-5-23(24(22)43)49-15(2)13-45-26(47)17-8-20(29(37,38)39)11-21(9-17)30(40,41)42/h3-11,14-15H,12-13H2,1-2H3,(H,44,46)(H,45,47)/t14-,15-/m0/s1. The van der Waals surface area contributed by atoms with Crippen LogP contribution >= 0.6 is 22.6 Å². The van der Waals surface area contributed by atoms with Crippen molar-refractivity contribution < 1.29 is 71.7 Å². The molecule has 0 bridgehead atoms. The molecule has 0 unspecified atom stereocenters. The highest BCUT2D eigenvalue weighted by atomic mass is 127. The first-order chi connectivity index (χ1) is 22.4. The average Bonchev–Trinajstić information content (AvgIpc) is 2.98. The summed E-state index contributed by atoms with van der Waals surface area (Å²) in [7, 11) is 0. The Hall–Kier alpha value is -3.91. The summed E-state index contributed by atoms with van der Waals surface area (Å²) in [6.07, 6.45) is -22.4. The molecule has 0 spiro atoms. The maximum atomic E-state index is 13.1. The van der Waals surface area contributed by atoms with Gasteiger partial charge in [0.15, 0.2) is 0 Å². The zero-order valence-electron chi connectivity index (χ0n) is 24.8. The Morgan fingerprint density at radius 1 is 0.592 bits per heavy atom. The Balaban J connectivity index is 1.64. The van der Waals surface area contributed by atoms with E-state index in [1.165, 1.54) is 32.0 Å². The van der Waals surface area contributed by atoms with Gasteiger partial charge in [0.2, 0.25) is 0 Å². The van der Waals surface area contributed by atoms with Gasteiger partial charge in [0, 0.05) is 11.1 Å². The summed E-state index contributed by atoms with van der Waals surface area (Å²) in [5, 5.41) is 4.42. The van der Waals surface area contributed by atoms with Crippen molar-refractivity contribution in [1.82, 2.24) is 10.6 Å². The third-order valence-corrected chi connectivity index (χ3v) is 7.45. The van der Waals surface area contributed by atoms with E-state index in [1.807, 2.05) is 0 Å². The van der Waals surface area contributed by atoms with Crippen molar-refractivity contribution in [3.05, 3.63) is 91.5 Å². The minimum absolute atomic E-state index is 0.113. The van der Waals surface area contributed by atoms with Crippen LogP contribution in [0.4, 0.5) is 52.7 Å². The number of hydrogen-bond donors (Lipinski definition) is 2. The van der Waals surface area contributed by atoms with Crippen LogP contribution < -0.4 is 20.1 Å². The summed E-state index contributed by atoms with van der Waals surface area (Å²) in [6.45, 7) is 2.16. The minimum Gasteiger partial charge on any atom is -0.488 e. The van der Waals surface area contributed by atoms with E-state index in [4.69, 9.17) is 9.47 Å². The predicted octanol–water partition coefficient (Wildman–Crippen LogP) is 8.76. The zero-order valence-corrected chi connectivity index (χ0v) is 27.0. The molecule has 49 heavy (non-hydrogen) atoms. The lowest BCUT2D eigenvalue weighted by atomic mass is 10.0. The lowest BCUT2D eigenvalue weighted by molar-refractivity contribution is -0.144. The Morgan fingerprint density at radius 2 is 0.878 bits per heavy atom. The van der Waals surface area contributed by atoms with E-state index in [2.05, 4.69) is 10.6 Å². The number of carbonyl (C=O) groups excluding carboxylic acids is 2. The van der Waals surface area contributed by atoms with Gasteiger partial charge in [-0.1, -0.05) is 6.07 Å². The first kappa shape index (κ1) is 39.5. The zero-order chi connectivity index (χ0) is 37.1. The quantitative estimate of drug-likeness (QED) is 0.158. The highest BCUT2D eigenvalue weighted by molar-refractivity contribution is 14.1. The highest BCUT2D eigenvalue weighted by Gasteiger charge is 2.39. The molecular formula is C30H23F12IN2O4. The van der Waals surface area contributed by atoms with Crippen molar-refractivity contribution in [2.45, 2.75) is 50.8 Å². The van der Waals surface area contributed by atoms with Crippen LogP contribution in [0.3, 0.4) is 0 Å². The summed E-state index contributed by atoms with van der Waals surface area (Å²) >= 11 is 1.80. The van der Waals surface area contributed by atoms with Gasteiger partial charge >= 0.3 is 24.7 Å². The Bertz CT molecular complexity index is 1490. The number of benzene rings is 3. The molecule has 0 aliphatic carbocycles. The van der Waals surface area contributed by atoms with Crippen LogP contribution in [0.2, 0.25) is 0 Å². The molecule has 2 atom stereocenters. The summed E-state index contributed by atoms with van der Waals surface area (Å²) in [6, 6.07) is 5.29. The van der Waals surface area contributed by atoms with Crippen molar-refractivity contribution in [3.8, 4) is 11.5 Å². The number of hydrogen-bond acceptors (Lipinski definition) is 4. The number of alkyl halides is 12. The molecule has 3 rings (SSSR count). The molecule has 2 N–H and O–H groups in total. The van der Waals surface area contributed by atoms with Gasteiger partial charge in [0.25, 0.3) is 11.8 Å². The topological polar surface area (TPSA) is 76.7 Å². The van der Waals surface area contributed by atoms with Crippen LogP contribution in [0.15, 0.2) is 54.6 Å². The molecule has 0 saturated heterocycles. The molecule has 0 heterocycles. The van der Waals surface area contributed by atoms with Crippen LogP contribution in [-0.4, -0.2) is 37.1 Å². The van der Waals surface area contributed by atoms with E-state index in [-0.39, 0.29) is 61.0 Å². The van der Waals surface area contributed by atoms with Crippen molar-refractivity contribution in [1.29, 1.82) is 0 Å². The molecular weight excluding hydrogens is 807 g/mol. The van der Waals surface area contributed by atoms with Gasteiger partial charge in [-0.25, -0.2) is 0 Å².